The monoisotopic (exact) mass is 476 g/mol. The van der Waals surface area contributed by atoms with Crippen LogP contribution in [0.5, 0.6) is 0 Å². The molecule has 3 fully saturated rings. The molecule has 10 heteroatoms. The van der Waals surface area contributed by atoms with Crippen molar-refractivity contribution in [1.82, 2.24) is 19.7 Å². The molecule has 2 aromatic rings. The van der Waals surface area contributed by atoms with Crippen LogP contribution in [0, 0.1) is 5.92 Å². The maximum atomic E-state index is 13.2. The van der Waals surface area contributed by atoms with Crippen LogP contribution in [-0.2, 0) is 4.74 Å². The molecule has 2 aromatic heterocycles. The van der Waals surface area contributed by atoms with E-state index in [1.165, 1.54) is 12.8 Å². The molecule has 2 aliphatic carbocycles. The molecular weight excluding hydrogens is 445 g/mol. The van der Waals surface area contributed by atoms with E-state index < -0.39 is 12.1 Å². The summed E-state index contributed by atoms with van der Waals surface area (Å²) in [6.07, 6.45) is 3.84. The van der Waals surface area contributed by atoms with Crippen LogP contribution in [-0.4, -0.2) is 44.6 Å². The fourth-order valence-electron chi connectivity index (χ4n) is 5.34. The summed E-state index contributed by atoms with van der Waals surface area (Å²) < 4.78 is 47.7. The Morgan fingerprint density at radius 3 is 2.50 bits per heavy atom. The number of hydrogen-bond donors (Lipinski definition) is 2. The van der Waals surface area contributed by atoms with Crippen LogP contribution in [0.25, 0.3) is 0 Å². The topological polar surface area (TPSA) is 76.9 Å². The first-order chi connectivity index (χ1) is 16.3. The molecule has 1 saturated heterocycles. The maximum absolute atomic E-state index is 13.2. The fourth-order valence-corrected chi connectivity index (χ4v) is 5.34. The number of fused-ring (bicyclic) bond motifs is 1. The van der Waals surface area contributed by atoms with Crippen molar-refractivity contribution in [2.45, 2.75) is 94.6 Å². The molecule has 0 amide bonds. The van der Waals surface area contributed by atoms with Gasteiger partial charge in [0.25, 0.3) is 0 Å². The molecule has 0 aromatic carbocycles. The highest BCUT2D eigenvalue weighted by Crippen LogP contribution is 2.52. The summed E-state index contributed by atoms with van der Waals surface area (Å²) in [7, 11) is 0. The third-order valence-corrected chi connectivity index (χ3v) is 7.99. The molecule has 34 heavy (non-hydrogen) atoms. The molecule has 0 spiro atoms. The van der Waals surface area contributed by atoms with Crippen molar-refractivity contribution >= 4 is 11.5 Å². The van der Waals surface area contributed by atoms with Crippen molar-refractivity contribution in [1.29, 1.82) is 0 Å². The summed E-state index contributed by atoms with van der Waals surface area (Å²) in [6, 6.07) is 0.809. The number of halogens is 3. The van der Waals surface area contributed by atoms with Gasteiger partial charge in [-0.25, -0.2) is 9.97 Å². The van der Waals surface area contributed by atoms with Crippen LogP contribution in [0.15, 0.2) is 12.4 Å². The summed E-state index contributed by atoms with van der Waals surface area (Å²) in [5.41, 5.74) is 2.58. The molecule has 4 heterocycles. The zero-order valence-electron chi connectivity index (χ0n) is 19.5. The molecule has 4 atom stereocenters. The summed E-state index contributed by atoms with van der Waals surface area (Å²) in [4.78, 5) is 9.80. The van der Waals surface area contributed by atoms with Crippen molar-refractivity contribution in [2.24, 2.45) is 5.92 Å². The minimum atomic E-state index is -4.14. The van der Waals surface area contributed by atoms with Crippen LogP contribution in [0.1, 0.15) is 93.4 Å². The Hall–Kier alpha value is -2.36. The predicted octanol–water partition coefficient (Wildman–Crippen LogP) is 5.31. The number of anilines is 2. The first-order valence-electron chi connectivity index (χ1n) is 12.4. The smallest absolute Gasteiger partial charge is 0.376 e. The van der Waals surface area contributed by atoms with E-state index >= 15 is 0 Å². The zero-order chi connectivity index (χ0) is 23.6. The molecule has 6 rings (SSSR count). The Balaban J connectivity index is 1.27. The third kappa shape index (κ3) is 4.03. The molecular formula is C24H31F3N6O. The molecule has 0 radical (unpaired) electrons. The Morgan fingerprint density at radius 1 is 1.00 bits per heavy atom. The molecule has 2 N–H and O–H groups in total. The molecule has 2 aliphatic heterocycles. The summed E-state index contributed by atoms with van der Waals surface area (Å²) in [6.45, 7) is 4.73. The van der Waals surface area contributed by atoms with Gasteiger partial charge in [0.2, 0.25) is 0 Å². The lowest BCUT2D eigenvalue weighted by atomic mass is 9.72. The van der Waals surface area contributed by atoms with E-state index in [-0.39, 0.29) is 42.9 Å². The van der Waals surface area contributed by atoms with E-state index in [0.717, 1.165) is 29.8 Å². The van der Waals surface area contributed by atoms with Crippen LogP contribution < -0.4 is 10.6 Å². The molecule has 184 valence electrons. The highest BCUT2D eigenvalue weighted by Gasteiger charge is 2.49. The number of aromatic nitrogens is 4. The van der Waals surface area contributed by atoms with Gasteiger partial charge in [0.15, 0.2) is 5.82 Å². The molecule has 0 bridgehead atoms. The van der Waals surface area contributed by atoms with E-state index in [0.29, 0.717) is 24.3 Å². The van der Waals surface area contributed by atoms with Gasteiger partial charge in [0, 0.05) is 42.3 Å². The fraction of sp³-hybridized carbons (Fsp3) is 0.708. The first kappa shape index (κ1) is 22.1. The minimum Gasteiger partial charge on any atom is -0.376 e. The summed E-state index contributed by atoms with van der Waals surface area (Å²) in [5, 5.41) is 11.4. The second-order valence-electron chi connectivity index (χ2n) is 10.5. The van der Waals surface area contributed by atoms with Crippen molar-refractivity contribution in [3.63, 3.8) is 0 Å². The SMILES string of the molecule is CC1Nc2nc(C3CCO[C@@H](c4cnn(C5CC5)c4)C3)nc(C3CC(C(F)(F)F)C3)c2NC1C. The van der Waals surface area contributed by atoms with Gasteiger partial charge < -0.3 is 15.4 Å². The Labute approximate surface area is 196 Å². The molecule has 7 nitrogen and oxygen atoms in total. The predicted molar refractivity (Wildman–Crippen MR) is 121 cm³/mol. The normalized spacial score (nSPS) is 33.4. The van der Waals surface area contributed by atoms with Crippen LogP contribution in [0.2, 0.25) is 0 Å². The zero-order valence-corrected chi connectivity index (χ0v) is 19.5. The first-order valence-corrected chi connectivity index (χ1v) is 12.4. The second kappa shape index (κ2) is 8.10. The largest absolute Gasteiger partial charge is 0.391 e. The molecule has 2 saturated carbocycles. The highest BCUT2D eigenvalue weighted by atomic mass is 19.4. The van der Waals surface area contributed by atoms with Crippen molar-refractivity contribution in [2.75, 3.05) is 17.2 Å². The minimum absolute atomic E-state index is 0.0716. The lowest BCUT2D eigenvalue weighted by molar-refractivity contribution is -0.197. The number of hydrogen-bond acceptors (Lipinski definition) is 6. The van der Waals surface area contributed by atoms with Crippen molar-refractivity contribution in [3.05, 3.63) is 29.5 Å². The van der Waals surface area contributed by atoms with E-state index in [1.807, 2.05) is 10.9 Å². The number of ether oxygens (including phenoxy) is 1. The lowest BCUT2D eigenvalue weighted by Crippen LogP contribution is -2.41. The Bertz CT molecular complexity index is 1060. The van der Waals surface area contributed by atoms with Gasteiger partial charge in [0.05, 0.1) is 35.6 Å². The average molecular weight is 477 g/mol. The third-order valence-electron chi connectivity index (χ3n) is 7.99. The van der Waals surface area contributed by atoms with Gasteiger partial charge in [-0.3, -0.25) is 4.68 Å². The standard InChI is InChI=1S/C24H31F3N6O/c1-12-13(2)30-23-21(29-12)20(15-7-17(8-15)24(25,26)27)31-22(32-23)14-5-6-34-19(9-14)16-10-28-33(11-16)18-3-4-18/h10-15,17-19,29H,3-9H2,1-2H3,(H,30,31,32)/t12?,13?,14?,15?,17?,19-/m1/s1. The maximum Gasteiger partial charge on any atom is 0.391 e. The van der Waals surface area contributed by atoms with Gasteiger partial charge in [-0.15, -0.1) is 0 Å². The van der Waals surface area contributed by atoms with Crippen molar-refractivity contribution < 1.29 is 17.9 Å². The quantitative estimate of drug-likeness (QED) is 0.623. The Kier molecular flexibility index (Phi) is 5.27. The van der Waals surface area contributed by atoms with Crippen LogP contribution in [0.3, 0.4) is 0 Å². The van der Waals surface area contributed by atoms with Crippen LogP contribution in [0.4, 0.5) is 24.7 Å². The summed E-state index contributed by atoms with van der Waals surface area (Å²) in [5.74, 6) is 0.0650. The number of rotatable bonds is 4. The average Bonchev–Trinajstić information content (AvgIpc) is 3.49. The number of alkyl halides is 3. The van der Waals surface area contributed by atoms with Crippen LogP contribution >= 0.6 is 0 Å². The van der Waals surface area contributed by atoms with Gasteiger partial charge in [-0.1, -0.05) is 0 Å². The second-order valence-corrected chi connectivity index (χ2v) is 10.5. The molecule has 4 aliphatic rings. The molecule has 3 unspecified atom stereocenters. The summed E-state index contributed by atoms with van der Waals surface area (Å²) >= 11 is 0. The van der Waals surface area contributed by atoms with Gasteiger partial charge in [0.1, 0.15) is 5.82 Å². The number of nitrogens with zero attached hydrogens (tertiary/aromatic N) is 4. The lowest BCUT2D eigenvalue weighted by Gasteiger charge is -2.40. The van der Waals surface area contributed by atoms with E-state index in [1.54, 1.807) is 0 Å². The van der Waals surface area contributed by atoms with Gasteiger partial charge in [-0.2, -0.15) is 18.3 Å². The van der Waals surface area contributed by atoms with Gasteiger partial charge in [-0.05, 0) is 52.4 Å². The van der Waals surface area contributed by atoms with Crippen molar-refractivity contribution in [3.8, 4) is 0 Å². The van der Waals surface area contributed by atoms with E-state index in [2.05, 4.69) is 35.8 Å². The van der Waals surface area contributed by atoms with E-state index in [4.69, 9.17) is 14.7 Å². The van der Waals surface area contributed by atoms with Gasteiger partial charge >= 0.3 is 6.18 Å². The Morgan fingerprint density at radius 2 is 1.76 bits per heavy atom. The number of nitrogens with one attached hydrogen (secondary N) is 2. The van der Waals surface area contributed by atoms with E-state index in [9.17, 15) is 13.2 Å². The highest BCUT2D eigenvalue weighted by molar-refractivity contribution is 5.71.